The number of likely N-dealkylation sites (tertiary alicyclic amines) is 1. The third-order valence-corrected chi connectivity index (χ3v) is 6.66. The number of carbonyl (C=O) groups is 2. The highest BCUT2D eigenvalue weighted by Crippen LogP contribution is 2.32. The molecule has 0 radical (unpaired) electrons. The minimum atomic E-state index is -0.278. The van der Waals surface area contributed by atoms with Crippen molar-refractivity contribution in [2.45, 2.75) is 33.2 Å². The molecule has 0 aliphatic carbocycles. The molecule has 1 fully saturated rings. The molecule has 1 saturated heterocycles. The molecule has 6 nitrogen and oxygen atoms in total. The third kappa shape index (κ3) is 3.44. The van der Waals surface area contributed by atoms with Gasteiger partial charge >= 0.3 is 5.97 Å². The molecule has 1 amide bonds. The fourth-order valence-corrected chi connectivity index (χ4v) is 5.25. The maximum atomic E-state index is 13.2. The van der Waals surface area contributed by atoms with Gasteiger partial charge in [0.25, 0.3) is 11.5 Å². The number of aryl methyl sites for hydroxylation is 1. The summed E-state index contributed by atoms with van der Waals surface area (Å²) in [5.41, 5.74) is 0.813. The molecule has 2 aromatic heterocycles. The van der Waals surface area contributed by atoms with Crippen molar-refractivity contribution in [2.24, 2.45) is 5.92 Å². The first-order chi connectivity index (χ1) is 14.0. The molecule has 0 N–H and O–H groups in total. The Morgan fingerprint density at radius 3 is 2.76 bits per heavy atom. The van der Waals surface area contributed by atoms with Crippen LogP contribution in [0.25, 0.3) is 21.0 Å². The summed E-state index contributed by atoms with van der Waals surface area (Å²) in [7, 11) is 0. The van der Waals surface area contributed by atoms with Gasteiger partial charge in [0.05, 0.1) is 28.3 Å². The second-order valence-corrected chi connectivity index (χ2v) is 8.31. The Kier molecular flexibility index (Phi) is 5.41. The van der Waals surface area contributed by atoms with Crippen LogP contribution in [-0.2, 0) is 16.1 Å². The molecule has 0 spiro atoms. The van der Waals surface area contributed by atoms with Crippen LogP contribution >= 0.6 is 11.3 Å². The van der Waals surface area contributed by atoms with Crippen LogP contribution in [0, 0.1) is 5.92 Å². The van der Waals surface area contributed by atoms with E-state index < -0.39 is 0 Å². The highest BCUT2D eigenvalue weighted by Gasteiger charge is 2.30. The third-order valence-electron chi connectivity index (χ3n) is 5.50. The number of amides is 1. The van der Waals surface area contributed by atoms with Gasteiger partial charge in [0.1, 0.15) is 0 Å². The van der Waals surface area contributed by atoms with Gasteiger partial charge in [-0.1, -0.05) is 18.2 Å². The summed E-state index contributed by atoms with van der Waals surface area (Å²) in [5.74, 6) is -0.634. The number of esters is 1. The van der Waals surface area contributed by atoms with Crippen molar-refractivity contribution >= 4 is 44.2 Å². The van der Waals surface area contributed by atoms with Crippen molar-refractivity contribution in [1.82, 2.24) is 9.47 Å². The van der Waals surface area contributed by atoms with E-state index in [4.69, 9.17) is 4.74 Å². The van der Waals surface area contributed by atoms with E-state index in [0.717, 1.165) is 28.4 Å². The Labute approximate surface area is 172 Å². The predicted octanol–water partition coefficient (Wildman–Crippen LogP) is 3.65. The average molecular weight is 413 g/mol. The van der Waals surface area contributed by atoms with Gasteiger partial charge in [-0.15, -0.1) is 11.3 Å². The summed E-state index contributed by atoms with van der Waals surface area (Å²) in [6.45, 7) is 5.63. The number of rotatable bonds is 4. The lowest BCUT2D eigenvalue weighted by molar-refractivity contribution is -0.149. The van der Waals surface area contributed by atoms with Crippen molar-refractivity contribution < 1.29 is 14.3 Å². The SMILES string of the molecule is CCOC(=O)C1CCCN(C(=O)c2cc3c(=O)n(CC)c4ccccc4c3s2)C1. The normalized spacial score (nSPS) is 17.0. The lowest BCUT2D eigenvalue weighted by Gasteiger charge is -2.31. The zero-order valence-electron chi connectivity index (χ0n) is 16.6. The van der Waals surface area contributed by atoms with Crippen LogP contribution in [-0.4, -0.2) is 41.0 Å². The van der Waals surface area contributed by atoms with E-state index in [-0.39, 0.29) is 23.4 Å². The maximum Gasteiger partial charge on any atom is 0.310 e. The fourth-order valence-electron chi connectivity index (χ4n) is 4.10. The molecule has 152 valence electrons. The molecular weight excluding hydrogens is 388 g/mol. The van der Waals surface area contributed by atoms with E-state index in [9.17, 15) is 14.4 Å². The Hall–Kier alpha value is -2.67. The lowest BCUT2D eigenvalue weighted by atomic mass is 9.98. The number of fused-ring (bicyclic) bond motifs is 3. The molecule has 1 unspecified atom stereocenters. The number of hydrogen-bond acceptors (Lipinski definition) is 5. The summed E-state index contributed by atoms with van der Waals surface area (Å²) >= 11 is 1.36. The maximum absolute atomic E-state index is 13.2. The van der Waals surface area contributed by atoms with Crippen molar-refractivity contribution in [3.63, 3.8) is 0 Å². The van der Waals surface area contributed by atoms with Crippen LogP contribution in [0.2, 0.25) is 0 Å². The molecule has 1 atom stereocenters. The van der Waals surface area contributed by atoms with Gasteiger partial charge < -0.3 is 14.2 Å². The van der Waals surface area contributed by atoms with Crippen LogP contribution in [0.15, 0.2) is 35.1 Å². The molecule has 0 bridgehead atoms. The quantitative estimate of drug-likeness (QED) is 0.614. The van der Waals surface area contributed by atoms with E-state index in [1.807, 2.05) is 31.2 Å². The second-order valence-electron chi connectivity index (χ2n) is 7.26. The van der Waals surface area contributed by atoms with Gasteiger partial charge in [0.2, 0.25) is 0 Å². The zero-order chi connectivity index (χ0) is 20.5. The number of para-hydroxylation sites is 1. The van der Waals surface area contributed by atoms with E-state index in [2.05, 4.69) is 0 Å². The molecule has 1 aliphatic rings. The number of piperidine rings is 1. The fraction of sp³-hybridized carbons (Fsp3) is 0.409. The molecule has 4 rings (SSSR count). The average Bonchev–Trinajstić information content (AvgIpc) is 3.20. The first-order valence-electron chi connectivity index (χ1n) is 10.1. The number of hydrogen-bond donors (Lipinski definition) is 0. The van der Waals surface area contributed by atoms with Crippen molar-refractivity contribution in [1.29, 1.82) is 0 Å². The lowest BCUT2D eigenvalue weighted by Crippen LogP contribution is -2.42. The van der Waals surface area contributed by atoms with Crippen LogP contribution < -0.4 is 5.56 Å². The minimum Gasteiger partial charge on any atom is -0.466 e. The Morgan fingerprint density at radius 1 is 1.21 bits per heavy atom. The van der Waals surface area contributed by atoms with Crippen LogP contribution in [0.3, 0.4) is 0 Å². The number of nitrogens with zero attached hydrogens (tertiary/aromatic N) is 2. The summed E-state index contributed by atoms with van der Waals surface area (Å²) in [6.07, 6.45) is 1.51. The van der Waals surface area contributed by atoms with Crippen LogP contribution in [0.5, 0.6) is 0 Å². The van der Waals surface area contributed by atoms with Crippen molar-refractivity contribution in [3.8, 4) is 0 Å². The molecular formula is C22H24N2O4S. The molecule has 3 aromatic rings. The first-order valence-corrected chi connectivity index (χ1v) is 10.9. The van der Waals surface area contributed by atoms with Gasteiger partial charge in [0.15, 0.2) is 0 Å². The van der Waals surface area contributed by atoms with Gasteiger partial charge in [-0.2, -0.15) is 0 Å². The number of ether oxygens (including phenoxy) is 1. The van der Waals surface area contributed by atoms with Crippen molar-refractivity contribution in [3.05, 3.63) is 45.6 Å². The van der Waals surface area contributed by atoms with Crippen LogP contribution in [0.4, 0.5) is 0 Å². The monoisotopic (exact) mass is 412 g/mol. The summed E-state index contributed by atoms with van der Waals surface area (Å²) in [4.78, 5) is 40.5. The van der Waals surface area contributed by atoms with Gasteiger partial charge in [0, 0.05) is 29.7 Å². The molecule has 7 heteroatoms. The Morgan fingerprint density at radius 2 is 2.00 bits per heavy atom. The second kappa shape index (κ2) is 7.99. The molecule has 1 aromatic carbocycles. The minimum absolute atomic E-state index is 0.0699. The summed E-state index contributed by atoms with van der Waals surface area (Å²) in [6, 6.07) is 9.52. The summed E-state index contributed by atoms with van der Waals surface area (Å²) in [5, 5.41) is 1.56. The van der Waals surface area contributed by atoms with Gasteiger partial charge in [-0.25, -0.2) is 0 Å². The first kappa shape index (κ1) is 19.6. The number of carbonyl (C=O) groups excluding carboxylic acids is 2. The largest absolute Gasteiger partial charge is 0.466 e. The van der Waals surface area contributed by atoms with Gasteiger partial charge in [-0.05, 0) is 38.8 Å². The molecule has 29 heavy (non-hydrogen) atoms. The number of aromatic nitrogens is 1. The zero-order valence-corrected chi connectivity index (χ0v) is 17.5. The molecule has 0 saturated carbocycles. The number of thiophene rings is 1. The highest BCUT2D eigenvalue weighted by molar-refractivity contribution is 7.21. The van der Waals surface area contributed by atoms with E-state index in [1.165, 1.54) is 11.3 Å². The van der Waals surface area contributed by atoms with E-state index in [1.54, 1.807) is 22.5 Å². The van der Waals surface area contributed by atoms with Crippen molar-refractivity contribution in [2.75, 3.05) is 19.7 Å². The Bertz CT molecular complexity index is 1150. The van der Waals surface area contributed by atoms with E-state index in [0.29, 0.717) is 36.5 Å². The van der Waals surface area contributed by atoms with Gasteiger partial charge in [-0.3, -0.25) is 14.4 Å². The highest BCUT2D eigenvalue weighted by atomic mass is 32.1. The number of pyridine rings is 1. The molecule has 3 heterocycles. The van der Waals surface area contributed by atoms with E-state index >= 15 is 0 Å². The smallest absolute Gasteiger partial charge is 0.310 e. The summed E-state index contributed by atoms with van der Waals surface area (Å²) < 4.78 is 7.73. The predicted molar refractivity (Wildman–Crippen MR) is 115 cm³/mol. The number of benzene rings is 1. The topological polar surface area (TPSA) is 68.6 Å². The molecule has 1 aliphatic heterocycles. The Balaban J connectivity index is 1.72. The van der Waals surface area contributed by atoms with Crippen LogP contribution in [0.1, 0.15) is 36.4 Å². The standard InChI is InChI=1S/C22H24N2O4S/c1-3-24-17-10-6-5-9-15(17)19-16(20(24)25)12-18(29-19)21(26)23-11-7-8-14(13-23)22(27)28-4-2/h5-6,9-10,12,14H,3-4,7-8,11,13H2,1-2H3.